The van der Waals surface area contributed by atoms with Crippen LogP contribution in [0.3, 0.4) is 0 Å². The Labute approximate surface area is 163 Å². The number of piperidine rings is 1. The second-order valence-electron chi connectivity index (χ2n) is 7.34. The van der Waals surface area contributed by atoms with E-state index in [9.17, 15) is 9.59 Å². The molecule has 0 aromatic heterocycles. The topological polar surface area (TPSA) is 75.4 Å². The lowest BCUT2D eigenvalue weighted by atomic mass is 9.96. The maximum atomic E-state index is 12.5. The lowest BCUT2D eigenvalue weighted by molar-refractivity contribution is 0.0908. The van der Waals surface area contributed by atoms with E-state index in [1.807, 2.05) is 36.4 Å². The van der Waals surface area contributed by atoms with Gasteiger partial charge in [0.15, 0.2) is 0 Å². The van der Waals surface area contributed by atoms with Crippen molar-refractivity contribution in [1.29, 1.82) is 0 Å². The average molecular weight is 382 g/mol. The molecule has 2 aromatic carbocycles. The Morgan fingerprint density at radius 2 is 1.59 bits per heavy atom. The Hall–Kier alpha value is -2.31. The maximum Gasteiger partial charge on any atom is 0.251 e. The van der Waals surface area contributed by atoms with Crippen LogP contribution in [-0.2, 0) is 0 Å². The highest BCUT2D eigenvalue weighted by Gasteiger charge is 2.32. The van der Waals surface area contributed by atoms with Crippen LogP contribution in [0.2, 0.25) is 0 Å². The number of nitrogens with one attached hydrogen (secondary N) is 1. The van der Waals surface area contributed by atoms with Crippen molar-refractivity contribution >= 4 is 23.6 Å². The second kappa shape index (κ2) is 7.74. The molecular formula is C21H23N3O2S. The molecule has 3 atom stereocenters. The van der Waals surface area contributed by atoms with Crippen LogP contribution in [0.25, 0.3) is 0 Å². The monoisotopic (exact) mass is 381 g/mol. The molecule has 27 heavy (non-hydrogen) atoms. The smallest absolute Gasteiger partial charge is 0.251 e. The lowest BCUT2D eigenvalue weighted by Crippen LogP contribution is -2.47. The third-order valence-corrected chi connectivity index (χ3v) is 6.31. The van der Waals surface area contributed by atoms with Gasteiger partial charge >= 0.3 is 0 Å². The zero-order valence-corrected chi connectivity index (χ0v) is 15.9. The zero-order chi connectivity index (χ0) is 18.8. The standard InChI is InChI=1S/C21H23N3O2S/c22-20(25)15-1-5-18(6-2-15)27-19-7-3-16(4-8-19)21(26)23-17-11-14-9-10-24(12-14)13-17/h1-8,14,17H,9-13H2,(H2,22,25)(H,23,26)/t14-,17+/m0/s1. The highest BCUT2D eigenvalue weighted by molar-refractivity contribution is 7.99. The predicted octanol–water partition coefficient (Wildman–Crippen LogP) is 2.76. The van der Waals surface area contributed by atoms with E-state index in [1.54, 1.807) is 23.9 Å². The van der Waals surface area contributed by atoms with Crippen molar-refractivity contribution in [2.75, 3.05) is 19.6 Å². The van der Waals surface area contributed by atoms with Crippen LogP contribution in [0.5, 0.6) is 0 Å². The first-order chi connectivity index (χ1) is 13.1. The number of primary amides is 1. The number of nitrogens with two attached hydrogens (primary N) is 1. The van der Waals surface area contributed by atoms with E-state index in [1.165, 1.54) is 19.5 Å². The summed E-state index contributed by atoms with van der Waals surface area (Å²) >= 11 is 1.58. The molecule has 2 saturated heterocycles. The first-order valence-corrected chi connectivity index (χ1v) is 10.1. The van der Waals surface area contributed by atoms with Gasteiger partial charge in [-0.05, 0) is 73.8 Å². The van der Waals surface area contributed by atoms with Gasteiger partial charge in [0, 0.05) is 40.0 Å². The third kappa shape index (κ3) is 4.34. The highest BCUT2D eigenvalue weighted by atomic mass is 32.2. The summed E-state index contributed by atoms with van der Waals surface area (Å²) in [6, 6.07) is 15.1. The van der Waals surface area contributed by atoms with Crippen LogP contribution >= 0.6 is 11.8 Å². The quantitative estimate of drug-likeness (QED) is 0.835. The SMILES string of the molecule is NC(=O)c1ccc(Sc2ccc(C(=O)N[C@@H]3C[C@@H]4CCN(C4)C3)cc2)cc1. The van der Waals surface area contributed by atoms with E-state index in [0.29, 0.717) is 11.1 Å². The number of hydrogen-bond acceptors (Lipinski definition) is 4. The van der Waals surface area contributed by atoms with Gasteiger partial charge in [0.25, 0.3) is 5.91 Å². The van der Waals surface area contributed by atoms with Gasteiger partial charge in [-0.1, -0.05) is 11.8 Å². The van der Waals surface area contributed by atoms with Gasteiger partial charge in [-0.15, -0.1) is 0 Å². The first-order valence-electron chi connectivity index (χ1n) is 9.28. The van der Waals surface area contributed by atoms with E-state index >= 15 is 0 Å². The Morgan fingerprint density at radius 3 is 2.19 bits per heavy atom. The van der Waals surface area contributed by atoms with Crippen LogP contribution in [0.4, 0.5) is 0 Å². The summed E-state index contributed by atoms with van der Waals surface area (Å²) in [5.41, 5.74) is 6.45. The fourth-order valence-corrected chi connectivity index (χ4v) is 4.75. The molecule has 3 N–H and O–H groups in total. The molecule has 0 radical (unpaired) electrons. The average Bonchev–Trinajstić information content (AvgIpc) is 3.01. The molecular weight excluding hydrogens is 358 g/mol. The van der Waals surface area contributed by atoms with Crippen LogP contribution in [0.15, 0.2) is 58.3 Å². The predicted molar refractivity (Wildman–Crippen MR) is 106 cm³/mol. The fraction of sp³-hybridized carbons (Fsp3) is 0.333. The third-order valence-electron chi connectivity index (χ3n) is 5.29. The van der Waals surface area contributed by atoms with Crippen molar-refractivity contribution in [3.05, 3.63) is 59.7 Å². The number of hydrogen-bond donors (Lipinski definition) is 2. The number of nitrogens with zero attached hydrogens (tertiary/aromatic N) is 1. The van der Waals surface area contributed by atoms with Crippen molar-refractivity contribution in [1.82, 2.24) is 10.2 Å². The number of benzene rings is 2. The molecule has 140 valence electrons. The molecule has 2 aromatic rings. The molecule has 2 bridgehead atoms. The van der Waals surface area contributed by atoms with Crippen molar-refractivity contribution in [2.24, 2.45) is 11.7 Å². The molecule has 2 aliphatic heterocycles. The van der Waals surface area contributed by atoms with Crippen molar-refractivity contribution in [3.63, 3.8) is 0 Å². The van der Waals surface area contributed by atoms with Crippen LogP contribution < -0.4 is 11.1 Å². The summed E-state index contributed by atoms with van der Waals surface area (Å²) in [7, 11) is 0. The van der Waals surface area contributed by atoms with Crippen LogP contribution in [0.1, 0.15) is 33.6 Å². The molecule has 0 spiro atoms. The Morgan fingerprint density at radius 1 is 0.963 bits per heavy atom. The number of carbonyl (C=O) groups excluding carboxylic acids is 2. The summed E-state index contributed by atoms with van der Waals surface area (Å²) in [6.45, 7) is 3.33. The lowest BCUT2D eigenvalue weighted by Gasteiger charge is -2.30. The highest BCUT2D eigenvalue weighted by Crippen LogP contribution is 2.29. The molecule has 6 heteroatoms. The molecule has 2 heterocycles. The summed E-state index contributed by atoms with van der Waals surface area (Å²) in [5.74, 6) is 0.318. The zero-order valence-electron chi connectivity index (χ0n) is 15.1. The minimum atomic E-state index is -0.426. The Kier molecular flexibility index (Phi) is 5.18. The number of carbonyl (C=O) groups is 2. The first kappa shape index (κ1) is 18.1. The molecule has 2 aliphatic rings. The van der Waals surface area contributed by atoms with E-state index in [-0.39, 0.29) is 11.9 Å². The van der Waals surface area contributed by atoms with Crippen molar-refractivity contribution in [3.8, 4) is 0 Å². The number of amides is 2. The maximum absolute atomic E-state index is 12.5. The van der Waals surface area contributed by atoms with Gasteiger partial charge in [0.1, 0.15) is 0 Å². The number of fused-ring (bicyclic) bond motifs is 2. The van der Waals surface area contributed by atoms with Gasteiger partial charge in [0.05, 0.1) is 0 Å². The van der Waals surface area contributed by atoms with Gasteiger partial charge in [-0.2, -0.15) is 0 Å². The van der Waals surface area contributed by atoms with Gasteiger partial charge in [-0.25, -0.2) is 0 Å². The largest absolute Gasteiger partial charge is 0.366 e. The molecule has 2 amide bonds. The molecule has 1 unspecified atom stereocenters. The van der Waals surface area contributed by atoms with E-state index in [4.69, 9.17) is 5.73 Å². The molecule has 2 fully saturated rings. The summed E-state index contributed by atoms with van der Waals surface area (Å²) < 4.78 is 0. The summed E-state index contributed by atoms with van der Waals surface area (Å²) in [4.78, 5) is 28.2. The Balaban J connectivity index is 1.35. The van der Waals surface area contributed by atoms with Gasteiger partial charge < -0.3 is 16.0 Å². The van der Waals surface area contributed by atoms with E-state index in [0.717, 1.165) is 28.7 Å². The van der Waals surface area contributed by atoms with Gasteiger partial charge in [-0.3, -0.25) is 9.59 Å². The van der Waals surface area contributed by atoms with Gasteiger partial charge in [0.2, 0.25) is 5.91 Å². The molecule has 0 aliphatic carbocycles. The van der Waals surface area contributed by atoms with Crippen LogP contribution in [-0.4, -0.2) is 42.4 Å². The van der Waals surface area contributed by atoms with Crippen molar-refractivity contribution < 1.29 is 9.59 Å². The Bertz CT molecular complexity index is 824. The second-order valence-corrected chi connectivity index (χ2v) is 8.48. The van der Waals surface area contributed by atoms with E-state index < -0.39 is 5.91 Å². The molecule has 4 rings (SSSR count). The number of rotatable bonds is 5. The summed E-state index contributed by atoms with van der Waals surface area (Å²) in [6.07, 6.45) is 2.36. The molecule has 5 nitrogen and oxygen atoms in total. The minimum absolute atomic E-state index is 0.00450. The summed E-state index contributed by atoms with van der Waals surface area (Å²) in [5, 5.41) is 3.19. The normalized spacial score (nSPS) is 23.8. The molecule has 0 saturated carbocycles. The van der Waals surface area contributed by atoms with E-state index in [2.05, 4.69) is 10.2 Å². The van der Waals surface area contributed by atoms with Crippen molar-refractivity contribution in [2.45, 2.75) is 28.7 Å². The fourth-order valence-electron chi connectivity index (χ4n) is 3.93. The van der Waals surface area contributed by atoms with Crippen LogP contribution in [0, 0.1) is 5.92 Å². The minimum Gasteiger partial charge on any atom is -0.366 e.